The van der Waals surface area contributed by atoms with E-state index in [2.05, 4.69) is 15.3 Å². The number of rotatable bonds is 6. The number of ketones is 1. The van der Waals surface area contributed by atoms with Gasteiger partial charge in [-0.3, -0.25) is 19.1 Å². The third-order valence-corrected chi connectivity index (χ3v) is 6.60. The fraction of sp³-hybridized carbons (Fsp3) is 0.545. The first-order valence-corrected chi connectivity index (χ1v) is 11.0. The van der Waals surface area contributed by atoms with Gasteiger partial charge in [0.05, 0.1) is 19.3 Å². The lowest BCUT2D eigenvalue weighted by Crippen LogP contribution is -2.54. The smallest absolute Gasteiger partial charge is 0.376 e. The molecule has 4 atom stereocenters. The van der Waals surface area contributed by atoms with Crippen molar-refractivity contribution in [1.29, 1.82) is 0 Å². The van der Waals surface area contributed by atoms with Crippen LogP contribution in [0.25, 0.3) is 0 Å². The van der Waals surface area contributed by atoms with E-state index in [0.29, 0.717) is 25.0 Å². The van der Waals surface area contributed by atoms with Gasteiger partial charge in [-0.1, -0.05) is 0 Å². The van der Waals surface area contributed by atoms with E-state index < -0.39 is 30.1 Å². The molecule has 3 unspecified atom stereocenters. The van der Waals surface area contributed by atoms with Crippen molar-refractivity contribution in [2.24, 2.45) is 11.8 Å². The molecule has 2 aromatic rings. The summed E-state index contributed by atoms with van der Waals surface area (Å²) >= 11 is 0. The number of aromatic nitrogens is 3. The quantitative estimate of drug-likeness (QED) is 0.658. The second-order valence-electron chi connectivity index (χ2n) is 8.99. The molecule has 2 aromatic heterocycles. The molecule has 1 saturated carbocycles. The average molecular weight is 463 g/mol. The van der Waals surface area contributed by atoms with Crippen LogP contribution in [0, 0.1) is 18.8 Å². The van der Waals surface area contributed by atoms with E-state index in [1.165, 1.54) is 16.8 Å². The summed E-state index contributed by atoms with van der Waals surface area (Å²) in [4.78, 5) is 34.8. The van der Waals surface area contributed by atoms with Crippen molar-refractivity contribution in [3.05, 3.63) is 46.0 Å². The minimum absolute atomic E-state index is 0.00464. The zero-order valence-corrected chi connectivity index (χ0v) is 18.0. The topological polar surface area (TPSA) is 89.4 Å². The maximum atomic E-state index is 13.9. The molecular formula is C22H24F3N5O3. The summed E-state index contributed by atoms with van der Waals surface area (Å²) < 4.78 is 48.6. The molecule has 5 rings (SSSR count). The van der Waals surface area contributed by atoms with E-state index in [0.717, 1.165) is 16.9 Å². The van der Waals surface area contributed by atoms with Gasteiger partial charge in [-0.15, -0.1) is 0 Å². The molecule has 2 aliphatic heterocycles. The summed E-state index contributed by atoms with van der Waals surface area (Å²) in [5.74, 6) is 0.563. The van der Waals surface area contributed by atoms with Gasteiger partial charge >= 0.3 is 6.18 Å². The number of Topliss-reactive ketones (excluding diaryl/α,β-unsaturated/α-hetero) is 1. The molecule has 0 aromatic carbocycles. The number of carbonyl (C=O) groups is 1. The van der Waals surface area contributed by atoms with Gasteiger partial charge < -0.3 is 15.0 Å². The molecule has 8 nitrogen and oxygen atoms in total. The van der Waals surface area contributed by atoms with Crippen molar-refractivity contribution in [3.63, 3.8) is 0 Å². The van der Waals surface area contributed by atoms with Gasteiger partial charge in [0.25, 0.3) is 5.56 Å². The first-order chi connectivity index (χ1) is 15.7. The number of nitrogens with zero attached hydrogens (tertiary/aromatic N) is 4. The number of nitrogens with one attached hydrogen (secondary N) is 1. The minimum Gasteiger partial charge on any atom is -0.376 e. The molecule has 0 spiro atoms. The molecule has 2 fully saturated rings. The first kappa shape index (κ1) is 21.9. The summed E-state index contributed by atoms with van der Waals surface area (Å²) in [6.45, 7) is 2.19. The zero-order chi connectivity index (χ0) is 23.3. The largest absolute Gasteiger partial charge is 0.408 e. The molecule has 0 amide bonds. The lowest BCUT2D eigenvalue weighted by molar-refractivity contribution is -0.152. The number of halogens is 3. The van der Waals surface area contributed by atoms with Gasteiger partial charge in [0.2, 0.25) is 5.95 Å². The predicted octanol–water partition coefficient (Wildman–Crippen LogP) is 2.42. The van der Waals surface area contributed by atoms with Crippen LogP contribution in [-0.2, 0) is 11.3 Å². The highest BCUT2D eigenvalue weighted by atomic mass is 19.4. The summed E-state index contributed by atoms with van der Waals surface area (Å²) in [5.41, 5.74) is 0.469. The molecule has 0 bridgehead atoms. The van der Waals surface area contributed by atoms with Gasteiger partial charge in [-0.25, -0.2) is 0 Å². The third-order valence-electron chi connectivity index (χ3n) is 6.60. The molecule has 11 heteroatoms. The van der Waals surface area contributed by atoms with E-state index in [1.54, 1.807) is 19.2 Å². The predicted molar refractivity (Wildman–Crippen MR) is 113 cm³/mol. The van der Waals surface area contributed by atoms with E-state index >= 15 is 0 Å². The van der Waals surface area contributed by atoms with Crippen LogP contribution in [0.5, 0.6) is 0 Å². The number of hydrogen-bond acceptors (Lipinski definition) is 7. The summed E-state index contributed by atoms with van der Waals surface area (Å²) in [6, 6.07) is 0.931. The summed E-state index contributed by atoms with van der Waals surface area (Å²) in [7, 11) is 0. The molecule has 1 saturated heterocycles. The molecule has 1 N–H and O–H groups in total. The van der Waals surface area contributed by atoms with E-state index in [-0.39, 0.29) is 36.4 Å². The maximum Gasteiger partial charge on any atom is 0.408 e. The van der Waals surface area contributed by atoms with Crippen LogP contribution < -0.4 is 15.8 Å². The number of fused-ring (bicyclic) bond motifs is 2. The van der Waals surface area contributed by atoms with Crippen molar-refractivity contribution in [3.8, 4) is 0 Å². The number of alkyl halides is 3. The Balaban J connectivity index is 1.44. The molecule has 3 aliphatic rings. The zero-order valence-electron chi connectivity index (χ0n) is 18.0. The van der Waals surface area contributed by atoms with Gasteiger partial charge in [-0.2, -0.15) is 18.2 Å². The molecule has 1 aliphatic carbocycles. The van der Waals surface area contributed by atoms with E-state index in [1.807, 2.05) is 0 Å². The number of pyridine rings is 1. The third kappa shape index (κ3) is 4.33. The lowest BCUT2D eigenvalue weighted by Gasteiger charge is -2.38. The Morgan fingerprint density at radius 2 is 2.12 bits per heavy atom. The van der Waals surface area contributed by atoms with Crippen molar-refractivity contribution in [2.45, 2.75) is 44.6 Å². The van der Waals surface area contributed by atoms with Crippen LogP contribution in [-0.4, -0.2) is 58.3 Å². The molecule has 176 valence electrons. The first-order valence-electron chi connectivity index (χ1n) is 11.0. The Labute approximate surface area is 187 Å². The average Bonchev–Trinajstić information content (AvgIpc) is 3.43. The van der Waals surface area contributed by atoms with Crippen molar-refractivity contribution < 1.29 is 22.7 Å². The fourth-order valence-corrected chi connectivity index (χ4v) is 4.74. The Morgan fingerprint density at radius 3 is 2.79 bits per heavy atom. The van der Waals surface area contributed by atoms with Crippen LogP contribution in [0.1, 0.15) is 28.8 Å². The number of carbonyl (C=O) groups excluding carboxylic acids is 1. The summed E-state index contributed by atoms with van der Waals surface area (Å²) in [6.07, 6.45) is -0.927. The highest BCUT2D eigenvalue weighted by molar-refractivity contribution is 5.99. The Kier molecular flexibility index (Phi) is 5.38. The van der Waals surface area contributed by atoms with E-state index in [9.17, 15) is 22.8 Å². The second kappa shape index (κ2) is 8.12. The number of hydrogen-bond donors (Lipinski definition) is 1. The SMILES string of the molecule is Cc1cncc(C(=O)CN2c3nc(NCC4OCC5CC54)cc(=O)n3CC[C@H]2C(F)(F)F)c1. The number of ether oxygens (including phenoxy) is 1. The van der Waals surface area contributed by atoms with Crippen LogP contribution in [0.3, 0.4) is 0 Å². The van der Waals surface area contributed by atoms with Crippen LogP contribution in [0.4, 0.5) is 24.9 Å². The monoisotopic (exact) mass is 463 g/mol. The van der Waals surface area contributed by atoms with Crippen molar-refractivity contribution in [1.82, 2.24) is 14.5 Å². The molecule has 0 radical (unpaired) electrons. The Hall–Kier alpha value is -2.95. The van der Waals surface area contributed by atoms with Gasteiger partial charge in [0.1, 0.15) is 11.9 Å². The fourth-order valence-electron chi connectivity index (χ4n) is 4.74. The molecule has 4 heterocycles. The van der Waals surface area contributed by atoms with Gasteiger partial charge in [0, 0.05) is 37.1 Å². The Bertz CT molecular complexity index is 1130. The van der Waals surface area contributed by atoms with E-state index in [4.69, 9.17) is 4.74 Å². The second-order valence-corrected chi connectivity index (χ2v) is 8.99. The van der Waals surface area contributed by atoms with Crippen LogP contribution in [0.15, 0.2) is 29.3 Å². The number of anilines is 2. The normalized spacial score (nSPS) is 26.0. The van der Waals surface area contributed by atoms with Gasteiger partial charge in [0.15, 0.2) is 5.78 Å². The molecule has 33 heavy (non-hydrogen) atoms. The Morgan fingerprint density at radius 1 is 1.30 bits per heavy atom. The maximum absolute atomic E-state index is 13.9. The number of aryl methyl sites for hydroxylation is 1. The lowest BCUT2D eigenvalue weighted by atomic mass is 10.1. The summed E-state index contributed by atoms with van der Waals surface area (Å²) in [5, 5.41) is 3.05. The van der Waals surface area contributed by atoms with Crippen LogP contribution in [0.2, 0.25) is 0 Å². The van der Waals surface area contributed by atoms with Crippen molar-refractivity contribution >= 4 is 17.5 Å². The van der Waals surface area contributed by atoms with Crippen molar-refractivity contribution in [2.75, 3.05) is 29.9 Å². The standard InChI is InChI=1S/C22H24F3N5O3/c1-12-4-13(8-26-7-12)16(31)10-30-18(22(23,24)25)2-3-29-20(32)6-19(28-21(29)30)27-9-17-15-5-14(15)11-33-17/h4,6-8,14-15,17-18,27H,2-3,5,9-11H2,1H3/t14?,15?,17?,18-/m0/s1. The molecular weight excluding hydrogens is 439 g/mol. The highest BCUT2D eigenvalue weighted by Crippen LogP contribution is 2.48. The van der Waals surface area contributed by atoms with Gasteiger partial charge in [-0.05, 0) is 43.2 Å². The highest BCUT2D eigenvalue weighted by Gasteiger charge is 2.49. The van der Waals surface area contributed by atoms with Crippen LogP contribution >= 0.6 is 0 Å². The minimum atomic E-state index is -4.59.